The highest BCUT2D eigenvalue weighted by atomic mass is 127. The Balaban J connectivity index is 0.00000729. The summed E-state index contributed by atoms with van der Waals surface area (Å²) >= 11 is 0. The van der Waals surface area contributed by atoms with Crippen LogP contribution in [0.25, 0.3) is 0 Å². The molecule has 6 nitrogen and oxygen atoms in total. The first-order valence-corrected chi connectivity index (χ1v) is 9.83. The van der Waals surface area contributed by atoms with Crippen LogP contribution in [0.15, 0.2) is 23.2 Å². The molecule has 0 bridgehead atoms. The minimum absolute atomic E-state index is 0. The third-order valence-electron chi connectivity index (χ3n) is 4.66. The first-order chi connectivity index (χ1) is 12.9. The maximum absolute atomic E-state index is 5.51. The van der Waals surface area contributed by atoms with Gasteiger partial charge in [0.15, 0.2) is 5.96 Å². The van der Waals surface area contributed by atoms with Gasteiger partial charge in [0.2, 0.25) is 0 Å². The molecule has 1 N–H and O–H groups in total. The maximum Gasteiger partial charge on any atom is 0.193 e. The summed E-state index contributed by atoms with van der Waals surface area (Å²) in [4.78, 5) is 9.29. The Kier molecular flexibility index (Phi) is 14.1. The lowest BCUT2D eigenvalue weighted by atomic mass is 10.2. The molecule has 0 aliphatic rings. The second-order valence-electron chi connectivity index (χ2n) is 7.05. The minimum Gasteiger partial charge on any atom is -0.497 e. The molecule has 0 radical (unpaired) electrons. The van der Waals surface area contributed by atoms with Crippen molar-refractivity contribution < 1.29 is 9.47 Å². The van der Waals surface area contributed by atoms with Gasteiger partial charge in [-0.3, -0.25) is 4.99 Å². The molecular weight excluding hydrogens is 467 g/mol. The number of nitrogens with one attached hydrogen (secondary N) is 1. The summed E-state index contributed by atoms with van der Waals surface area (Å²) in [7, 11) is 7.58. The van der Waals surface area contributed by atoms with Crippen LogP contribution in [0, 0.1) is 0 Å². The second kappa shape index (κ2) is 14.7. The zero-order valence-corrected chi connectivity index (χ0v) is 20.9. The van der Waals surface area contributed by atoms with Crippen LogP contribution in [0.5, 0.6) is 11.5 Å². The lowest BCUT2D eigenvalue weighted by Crippen LogP contribution is -2.38. The van der Waals surface area contributed by atoms with Gasteiger partial charge in [0.25, 0.3) is 0 Å². The molecule has 0 unspecified atom stereocenters. The van der Waals surface area contributed by atoms with Gasteiger partial charge in [-0.1, -0.05) is 0 Å². The predicted octanol–water partition coefficient (Wildman–Crippen LogP) is 3.84. The second-order valence-corrected chi connectivity index (χ2v) is 7.05. The van der Waals surface area contributed by atoms with E-state index in [2.05, 4.69) is 50.0 Å². The van der Waals surface area contributed by atoms with Crippen molar-refractivity contribution in [2.24, 2.45) is 4.99 Å². The lowest BCUT2D eigenvalue weighted by molar-refractivity contribution is 0.269. The lowest BCUT2D eigenvalue weighted by Gasteiger charge is -2.23. The smallest absolute Gasteiger partial charge is 0.193 e. The molecule has 1 rings (SSSR count). The monoisotopic (exact) mass is 506 g/mol. The molecule has 0 fully saturated rings. The average molecular weight is 506 g/mol. The van der Waals surface area contributed by atoms with Crippen molar-refractivity contribution in [3.05, 3.63) is 23.8 Å². The number of rotatable bonds is 11. The number of hydrogen-bond acceptors (Lipinski definition) is 4. The average Bonchev–Trinajstić information content (AvgIpc) is 2.66. The van der Waals surface area contributed by atoms with E-state index in [1.165, 1.54) is 0 Å². The highest BCUT2D eigenvalue weighted by molar-refractivity contribution is 14.0. The number of halogens is 1. The van der Waals surface area contributed by atoms with Crippen molar-refractivity contribution in [2.45, 2.75) is 46.2 Å². The number of nitrogens with zero attached hydrogens (tertiary/aromatic N) is 3. The molecule has 0 aromatic heterocycles. The van der Waals surface area contributed by atoms with Crippen molar-refractivity contribution in [1.29, 1.82) is 0 Å². The van der Waals surface area contributed by atoms with Crippen molar-refractivity contribution in [3.8, 4) is 11.5 Å². The van der Waals surface area contributed by atoms with Gasteiger partial charge >= 0.3 is 0 Å². The van der Waals surface area contributed by atoms with Crippen LogP contribution < -0.4 is 14.8 Å². The maximum atomic E-state index is 5.51. The van der Waals surface area contributed by atoms with E-state index < -0.39 is 0 Å². The SMILES string of the molecule is CCNC(=NCCCCN(C)C(C)C)N(C)Cc1ccc(OC)cc1OC.I. The van der Waals surface area contributed by atoms with Crippen LogP contribution in [0.3, 0.4) is 0 Å². The first kappa shape index (κ1) is 26.8. The first-order valence-electron chi connectivity index (χ1n) is 9.83. The normalized spacial score (nSPS) is 11.4. The van der Waals surface area contributed by atoms with Gasteiger partial charge in [-0.25, -0.2) is 0 Å². The molecule has 28 heavy (non-hydrogen) atoms. The van der Waals surface area contributed by atoms with Gasteiger partial charge in [-0.2, -0.15) is 0 Å². The van der Waals surface area contributed by atoms with Crippen LogP contribution in [-0.4, -0.2) is 69.8 Å². The molecule has 162 valence electrons. The molecule has 1 aromatic carbocycles. The summed E-state index contributed by atoms with van der Waals surface area (Å²) in [6.45, 7) is 10.1. The molecular formula is C21H39IN4O2. The Labute approximate surface area is 188 Å². The zero-order valence-electron chi connectivity index (χ0n) is 18.6. The number of hydrogen-bond donors (Lipinski definition) is 1. The number of ether oxygens (including phenoxy) is 2. The molecule has 0 saturated carbocycles. The van der Waals surface area contributed by atoms with E-state index in [0.717, 1.165) is 62.0 Å². The van der Waals surface area contributed by atoms with Gasteiger partial charge in [0.05, 0.1) is 14.2 Å². The third kappa shape index (κ3) is 9.32. The van der Waals surface area contributed by atoms with E-state index >= 15 is 0 Å². The standard InChI is InChI=1S/C21H38N4O2.HI/c1-8-22-21(23-13-9-10-14-24(4)17(2)3)25(5)16-18-11-12-19(26-6)15-20(18)27-7;/h11-12,15,17H,8-10,13-14,16H2,1-7H3,(H,22,23);1H. The fourth-order valence-corrected chi connectivity index (χ4v) is 2.70. The molecule has 7 heteroatoms. The fourth-order valence-electron chi connectivity index (χ4n) is 2.70. The van der Waals surface area contributed by atoms with Gasteiger partial charge in [0.1, 0.15) is 11.5 Å². The predicted molar refractivity (Wildman–Crippen MR) is 129 cm³/mol. The molecule has 0 atom stereocenters. The quantitative estimate of drug-likeness (QED) is 0.214. The number of guanidine groups is 1. The summed E-state index contributed by atoms with van der Waals surface area (Å²) in [5.41, 5.74) is 1.10. The molecule has 0 aliphatic carbocycles. The minimum atomic E-state index is 0. The van der Waals surface area contributed by atoms with E-state index in [-0.39, 0.29) is 24.0 Å². The van der Waals surface area contributed by atoms with Crippen molar-refractivity contribution in [3.63, 3.8) is 0 Å². The number of aliphatic imine (C=N–C) groups is 1. The van der Waals surface area contributed by atoms with Crippen LogP contribution in [0.4, 0.5) is 0 Å². The molecule has 0 aliphatic heterocycles. The molecule has 0 amide bonds. The Bertz CT molecular complexity index is 582. The van der Waals surface area contributed by atoms with Crippen molar-refractivity contribution >= 4 is 29.9 Å². The van der Waals surface area contributed by atoms with Crippen molar-refractivity contribution in [2.75, 3.05) is 47.9 Å². The summed E-state index contributed by atoms with van der Waals surface area (Å²) < 4.78 is 10.8. The van der Waals surface area contributed by atoms with E-state index in [1.807, 2.05) is 18.2 Å². The highest BCUT2D eigenvalue weighted by Gasteiger charge is 2.11. The van der Waals surface area contributed by atoms with Gasteiger partial charge < -0.3 is 24.6 Å². The number of methoxy groups -OCH3 is 2. The van der Waals surface area contributed by atoms with E-state index in [4.69, 9.17) is 14.5 Å². The third-order valence-corrected chi connectivity index (χ3v) is 4.66. The van der Waals surface area contributed by atoms with Crippen LogP contribution in [0.2, 0.25) is 0 Å². The molecule has 0 saturated heterocycles. The number of unbranched alkanes of at least 4 members (excludes halogenated alkanes) is 1. The Morgan fingerprint density at radius 1 is 1.14 bits per heavy atom. The largest absolute Gasteiger partial charge is 0.497 e. The van der Waals surface area contributed by atoms with E-state index in [1.54, 1.807) is 14.2 Å². The van der Waals surface area contributed by atoms with Gasteiger partial charge in [-0.05, 0) is 59.3 Å². The van der Waals surface area contributed by atoms with Crippen molar-refractivity contribution in [1.82, 2.24) is 15.1 Å². The Morgan fingerprint density at radius 3 is 2.43 bits per heavy atom. The fraction of sp³-hybridized carbons (Fsp3) is 0.667. The van der Waals surface area contributed by atoms with Crippen LogP contribution in [0.1, 0.15) is 39.2 Å². The summed E-state index contributed by atoms with van der Waals surface area (Å²) in [5.74, 6) is 2.55. The van der Waals surface area contributed by atoms with E-state index in [9.17, 15) is 0 Å². The summed E-state index contributed by atoms with van der Waals surface area (Å²) in [5, 5.41) is 3.38. The topological polar surface area (TPSA) is 49.3 Å². The Morgan fingerprint density at radius 2 is 1.86 bits per heavy atom. The zero-order chi connectivity index (χ0) is 20.2. The summed E-state index contributed by atoms with van der Waals surface area (Å²) in [6, 6.07) is 6.51. The summed E-state index contributed by atoms with van der Waals surface area (Å²) in [6.07, 6.45) is 2.25. The van der Waals surface area contributed by atoms with Gasteiger partial charge in [0, 0.05) is 44.4 Å². The van der Waals surface area contributed by atoms with Crippen LogP contribution >= 0.6 is 24.0 Å². The highest BCUT2D eigenvalue weighted by Crippen LogP contribution is 2.25. The van der Waals surface area contributed by atoms with Crippen LogP contribution in [-0.2, 0) is 6.54 Å². The Hall–Kier alpha value is -1.22. The van der Waals surface area contributed by atoms with E-state index in [0.29, 0.717) is 6.04 Å². The molecule has 0 spiro atoms. The molecule has 0 heterocycles. The molecule has 1 aromatic rings. The van der Waals surface area contributed by atoms with Gasteiger partial charge in [-0.15, -0.1) is 24.0 Å². The number of benzene rings is 1.